The van der Waals surface area contributed by atoms with Crippen LogP contribution >= 0.6 is 19.6 Å². The molecule has 0 aliphatic heterocycles. The molecule has 24 heavy (non-hydrogen) atoms. The molecule has 1 atom stereocenters. The monoisotopic (exact) mass is 384 g/mol. The van der Waals surface area contributed by atoms with Crippen molar-refractivity contribution in [2.45, 2.75) is 84.2 Å². The Morgan fingerprint density at radius 3 is 1.96 bits per heavy atom. The summed E-state index contributed by atoms with van der Waals surface area (Å²) < 4.78 is 20.7. The van der Waals surface area contributed by atoms with Gasteiger partial charge in [0.25, 0.3) is 0 Å². The maximum atomic E-state index is 10.7. The van der Waals surface area contributed by atoms with Gasteiger partial charge < -0.3 is 14.5 Å². The molecule has 5 nitrogen and oxygen atoms in total. The van der Waals surface area contributed by atoms with Crippen LogP contribution in [-0.4, -0.2) is 40.6 Å². The first-order valence-electron chi connectivity index (χ1n) is 9.39. The van der Waals surface area contributed by atoms with E-state index >= 15 is 0 Å². The molecule has 0 saturated carbocycles. The highest BCUT2D eigenvalue weighted by Crippen LogP contribution is 2.36. The van der Waals surface area contributed by atoms with E-state index in [1.165, 1.54) is 64.2 Å². The fraction of sp³-hybridized carbons (Fsp3) is 1.00. The quantitative estimate of drug-likeness (QED) is 0.251. The molecule has 0 spiro atoms. The smallest absolute Gasteiger partial charge is 0.375 e. The van der Waals surface area contributed by atoms with Crippen molar-refractivity contribution in [3.63, 3.8) is 0 Å². The third kappa shape index (κ3) is 18.8. The molecule has 7 heteroatoms. The van der Waals surface area contributed by atoms with Gasteiger partial charge in [-0.1, -0.05) is 64.7 Å². The first kappa shape index (κ1) is 24.4. The largest absolute Gasteiger partial charge is 0.469 e. The van der Waals surface area contributed by atoms with E-state index in [2.05, 4.69) is 11.4 Å². The molecule has 0 rings (SSSR count). The van der Waals surface area contributed by atoms with Crippen molar-refractivity contribution in [3.8, 4) is 0 Å². The number of thioether (sulfide) groups is 1. The second kappa shape index (κ2) is 16.9. The molecule has 0 fully saturated rings. The number of phosphoric ester groups is 1. The van der Waals surface area contributed by atoms with Gasteiger partial charge in [0.2, 0.25) is 0 Å². The second-order valence-corrected chi connectivity index (χ2v) is 8.51. The standard InChI is InChI=1S/C17H37O5PS/c1-3-5-6-7-8-9-10-11-12-13-14-24-16-17(21-4-2)15-22-23(18,19)20/h17H,3-16H2,1-2H3,(H2,18,19,20). The van der Waals surface area contributed by atoms with Gasteiger partial charge in [0.05, 0.1) is 12.7 Å². The maximum absolute atomic E-state index is 10.7. The molecule has 0 saturated heterocycles. The number of unbranched alkanes of at least 4 members (excludes halogenated alkanes) is 9. The minimum atomic E-state index is -4.40. The second-order valence-electron chi connectivity index (χ2n) is 6.12. The first-order valence-corrected chi connectivity index (χ1v) is 12.1. The Bertz CT molecular complexity index is 311. The number of hydrogen-bond donors (Lipinski definition) is 2. The molecule has 146 valence electrons. The highest BCUT2D eigenvalue weighted by Gasteiger charge is 2.18. The molecule has 0 heterocycles. The van der Waals surface area contributed by atoms with Gasteiger partial charge in [-0.05, 0) is 19.1 Å². The highest BCUT2D eigenvalue weighted by atomic mass is 32.2. The van der Waals surface area contributed by atoms with Gasteiger partial charge in [0, 0.05) is 12.4 Å². The summed E-state index contributed by atoms with van der Waals surface area (Å²) in [5.41, 5.74) is 0. The van der Waals surface area contributed by atoms with E-state index < -0.39 is 7.82 Å². The van der Waals surface area contributed by atoms with Crippen LogP contribution in [0.3, 0.4) is 0 Å². The van der Waals surface area contributed by atoms with E-state index in [-0.39, 0.29) is 12.7 Å². The zero-order valence-corrected chi connectivity index (χ0v) is 17.2. The third-order valence-electron chi connectivity index (χ3n) is 3.78. The van der Waals surface area contributed by atoms with Gasteiger partial charge in [-0.3, -0.25) is 4.52 Å². The zero-order valence-electron chi connectivity index (χ0n) is 15.5. The molecule has 0 aliphatic rings. The summed E-state index contributed by atoms with van der Waals surface area (Å²) in [5, 5.41) is 0. The minimum absolute atomic E-state index is 0.0524. The summed E-state index contributed by atoms with van der Waals surface area (Å²) in [7, 11) is -4.40. The number of ether oxygens (including phenoxy) is 1. The van der Waals surface area contributed by atoms with Crippen molar-refractivity contribution in [1.82, 2.24) is 0 Å². The molecule has 0 aromatic rings. The van der Waals surface area contributed by atoms with Crippen molar-refractivity contribution >= 4 is 19.6 Å². The fourth-order valence-corrected chi connectivity index (χ4v) is 3.86. The number of phosphoric acid groups is 1. The van der Waals surface area contributed by atoms with Crippen LogP contribution in [0.2, 0.25) is 0 Å². The van der Waals surface area contributed by atoms with Crippen molar-refractivity contribution < 1.29 is 23.6 Å². The van der Waals surface area contributed by atoms with Gasteiger partial charge >= 0.3 is 7.82 Å². The summed E-state index contributed by atoms with van der Waals surface area (Å²) in [6.45, 7) is 4.59. The lowest BCUT2D eigenvalue weighted by Gasteiger charge is -2.17. The van der Waals surface area contributed by atoms with E-state index in [1.54, 1.807) is 11.8 Å². The van der Waals surface area contributed by atoms with E-state index in [9.17, 15) is 4.57 Å². The molecule has 2 N–H and O–H groups in total. The van der Waals surface area contributed by atoms with Crippen molar-refractivity contribution in [2.24, 2.45) is 0 Å². The average Bonchev–Trinajstić information content (AvgIpc) is 2.52. The molecule has 1 unspecified atom stereocenters. The average molecular weight is 385 g/mol. The lowest BCUT2D eigenvalue weighted by atomic mass is 10.1. The van der Waals surface area contributed by atoms with Gasteiger partial charge in [-0.15, -0.1) is 0 Å². The number of hydrogen-bond acceptors (Lipinski definition) is 4. The van der Waals surface area contributed by atoms with E-state index in [1.807, 2.05) is 6.92 Å². The molecule has 0 radical (unpaired) electrons. The summed E-state index contributed by atoms with van der Waals surface area (Å²) in [5.74, 6) is 1.78. The Morgan fingerprint density at radius 2 is 1.46 bits per heavy atom. The lowest BCUT2D eigenvalue weighted by Crippen LogP contribution is -2.22. The van der Waals surface area contributed by atoms with Crippen molar-refractivity contribution in [1.29, 1.82) is 0 Å². The minimum Gasteiger partial charge on any atom is -0.375 e. The van der Waals surface area contributed by atoms with Crippen LogP contribution in [0.25, 0.3) is 0 Å². The maximum Gasteiger partial charge on any atom is 0.469 e. The zero-order chi connectivity index (χ0) is 18.1. The van der Waals surface area contributed by atoms with Crippen LogP contribution in [-0.2, 0) is 13.8 Å². The van der Waals surface area contributed by atoms with Crippen molar-refractivity contribution in [2.75, 3.05) is 24.7 Å². The molecular weight excluding hydrogens is 347 g/mol. The predicted molar refractivity (Wildman–Crippen MR) is 103 cm³/mol. The Hall–Kier alpha value is 0.420. The molecular formula is C17H37O5PS. The van der Waals surface area contributed by atoms with Gasteiger partial charge in [-0.2, -0.15) is 11.8 Å². The molecule has 0 aliphatic carbocycles. The summed E-state index contributed by atoms with van der Waals surface area (Å²) in [6, 6.07) is 0. The molecule has 0 aromatic heterocycles. The Labute approximate surface area is 152 Å². The Morgan fingerprint density at radius 1 is 0.917 bits per heavy atom. The lowest BCUT2D eigenvalue weighted by molar-refractivity contribution is 0.0332. The van der Waals surface area contributed by atoms with E-state index in [0.29, 0.717) is 12.4 Å². The first-order chi connectivity index (χ1) is 11.5. The highest BCUT2D eigenvalue weighted by molar-refractivity contribution is 7.99. The molecule has 0 bridgehead atoms. The van der Waals surface area contributed by atoms with Crippen LogP contribution in [0.1, 0.15) is 78.1 Å². The molecule has 0 aromatic carbocycles. The topological polar surface area (TPSA) is 76.0 Å². The summed E-state index contributed by atoms with van der Waals surface area (Å²) in [4.78, 5) is 17.5. The van der Waals surface area contributed by atoms with E-state index in [0.717, 1.165) is 5.75 Å². The van der Waals surface area contributed by atoms with Gasteiger partial charge in [0.15, 0.2) is 0 Å². The predicted octanol–water partition coefficient (Wildman–Crippen LogP) is 5.15. The third-order valence-corrected chi connectivity index (χ3v) is 5.45. The van der Waals surface area contributed by atoms with Crippen LogP contribution in [0.5, 0.6) is 0 Å². The fourth-order valence-electron chi connectivity index (χ4n) is 2.47. The summed E-state index contributed by atoms with van der Waals surface area (Å²) in [6.07, 6.45) is 13.1. The van der Waals surface area contributed by atoms with Gasteiger partial charge in [0.1, 0.15) is 0 Å². The van der Waals surface area contributed by atoms with Gasteiger partial charge in [-0.25, -0.2) is 4.57 Å². The number of rotatable bonds is 18. The van der Waals surface area contributed by atoms with Crippen LogP contribution in [0.4, 0.5) is 0 Å². The van der Waals surface area contributed by atoms with Crippen LogP contribution in [0.15, 0.2) is 0 Å². The SMILES string of the molecule is CCCCCCCCCCCCSCC(COP(=O)(O)O)OCC. The van der Waals surface area contributed by atoms with Crippen molar-refractivity contribution in [3.05, 3.63) is 0 Å². The summed E-state index contributed by atoms with van der Waals surface area (Å²) >= 11 is 1.77. The normalized spacial score (nSPS) is 13.3. The van der Waals surface area contributed by atoms with E-state index in [4.69, 9.17) is 14.5 Å². The van der Waals surface area contributed by atoms with Crippen LogP contribution < -0.4 is 0 Å². The van der Waals surface area contributed by atoms with Crippen LogP contribution in [0, 0.1) is 0 Å². The Kier molecular flexibility index (Phi) is 17.2. The molecule has 0 amide bonds. The Balaban J connectivity index is 3.43.